The number of aromatic nitrogens is 2. The molecule has 0 saturated carbocycles. The SMILES string of the molecule is COCCSc1nnc(NC(=O)C2CC(=O)N(c3ccccc3C)C2)s1. The number of carbonyl (C=O) groups excluding carboxylic acids is 2. The number of aryl methyl sites for hydroxylation is 1. The zero-order chi connectivity index (χ0) is 18.5. The molecule has 1 unspecified atom stereocenters. The Morgan fingerprint density at radius 3 is 3.00 bits per heavy atom. The number of methoxy groups -OCH3 is 1. The number of rotatable bonds is 7. The maximum atomic E-state index is 12.5. The van der Waals surface area contributed by atoms with Crippen LogP contribution in [0.5, 0.6) is 0 Å². The van der Waals surface area contributed by atoms with Crippen LogP contribution < -0.4 is 10.2 Å². The molecule has 3 rings (SSSR count). The summed E-state index contributed by atoms with van der Waals surface area (Å²) in [7, 11) is 1.65. The van der Waals surface area contributed by atoms with Crippen LogP contribution in [-0.2, 0) is 14.3 Å². The Bertz CT molecular complexity index is 796. The highest BCUT2D eigenvalue weighted by Gasteiger charge is 2.35. The number of anilines is 2. The van der Waals surface area contributed by atoms with Crippen LogP contribution in [0.3, 0.4) is 0 Å². The van der Waals surface area contributed by atoms with Crippen LogP contribution in [0, 0.1) is 12.8 Å². The van der Waals surface area contributed by atoms with Crippen molar-refractivity contribution >= 4 is 45.7 Å². The van der Waals surface area contributed by atoms with Crippen molar-refractivity contribution in [1.29, 1.82) is 0 Å². The van der Waals surface area contributed by atoms with Crippen LogP contribution in [0.4, 0.5) is 10.8 Å². The topological polar surface area (TPSA) is 84.4 Å². The molecule has 26 heavy (non-hydrogen) atoms. The lowest BCUT2D eigenvalue weighted by molar-refractivity contribution is -0.122. The van der Waals surface area contributed by atoms with Crippen molar-refractivity contribution in [2.24, 2.45) is 5.92 Å². The van der Waals surface area contributed by atoms with Crippen molar-refractivity contribution in [1.82, 2.24) is 10.2 Å². The predicted octanol–water partition coefficient (Wildman–Crippen LogP) is 2.58. The molecule has 138 valence electrons. The van der Waals surface area contributed by atoms with Crippen LogP contribution >= 0.6 is 23.1 Å². The van der Waals surface area contributed by atoms with Gasteiger partial charge in [0.15, 0.2) is 4.34 Å². The summed E-state index contributed by atoms with van der Waals surface area (Å²) >= 11 is 2.86. The molecule has 0 bridgehead atoms. The number of hydrogen-bond donors (Lipinski definition) is 1. The Morgan fingerprint density at radius 2 is 2.23 bits per heavy atom. The van der Waals surface area contributed by atoms with E-state index in [1.165, 1.54) is 23.1 Å². The number of hydrogen-bond acceptors (Lipinski definition) is 7. The fourth-order valence-electron chi connectivity index (χ4n) is 2.72. The number of ether oxygens (including phenoxy) is 1. The van der Waals surface area contributed by atoms with E-state index in [4.69, 9.17) is 4.74 Å². The number of nitrogens with one attached hydrogen (secondary N) is 1. The summed E-state index contributed by atoms with van der Waals surface area (Å²) < 4.78 is 5.78. The monoisotopic (exact) mass is 392 g/mol. The van der Waals surface area contributed by atoms with Crippen LogP contribution in [0.25, 0.3) is 0 Å². The lowest BCUT2D eigenvalue weighted by atomic mass is 10.1. The van der Waals surface area contributed by atoms with Gasteiger partial charge in [-0.05, 0) is 18.6 Å². The second kappa shape index (κ2) is 8.61. The van der Waals surface area contributed by atoms with Gasteiger partial charge in [-0.2, -0.15) is 0 Å². The van der Waals surface area contributed by atoms with Gasteiger partial charge in [-0.25, -0.2) is 0 Å². The third kappa shape index (κ3) is 4.40. The highest BCUT2D eigenvalue weighted by atomic mass is 32.2. The number of nitrogens with zero attached hydrogens (tertiary/aromatic N) is 3. The number of carbonyl (C=O) groups is 2. The van der Waals surface area contributed by atoms with Gasteiger partial charge >= 0.3 is 0 Å². The molecule has 1 atom stereocenters. The van der Waals surface area contributed by atoms with E-state index in [2.05, 4.69) is 15.5 Å². The smallest absolute Gasteiger partial charge is 0.231 e. The summed E-state index contributed by atoms with van der Waals surface area (Å²) in [6.45, 7) is 2.97. The van der Waals surface area contributed by atoms with Crippen molar-refractivity contribution in [2.45, 2.75) is 17.7 Å². The summed E-state index contributed by atoms with van der Waals surface area (Å²) in [4.78, 5) is 26.6. The predicted molar refractivity (Wildman–Crippen MR) is 103 cm³/mol. The molecular weight excluding hydrogens is 372 g/mol. The number of amides is 2. The van der Waals surface area contributed by atoms with Crippen LogP contribution in [0.1, 0.15) is 12.0 Å². The molecule has 0 aliphatic carbocycles. The maximum absolute atomic E-state index is 12.5. The van der Waals surface area contributed by atoms with Gasteiger partial charge in [0.2, 0.25) is 16.9 Å². The number of benzene rings is 1. The number of thioether (sulfide) groups is 1. The Hall–Kier alpha value is -1.97. The van der Waals surface area contributed by atoms with Crippen molar-refractivity contribution in [3.8, 4) is 0 Å². The third-order valence-electron chi connectivity index (χ3n) is 4.05. The lowest BCUT2D eigenvalue weighted by Crippen LogP contribution is -2.28. The molecular formula is C17H20N4O3S2. The summed E-state index contributed by atoms with van der Waals surface area (Å²) in [6.07, 6.45) is 0.203. The highest BCUT2D eigenvalue weighted by Crippen LogP contribution is 2.29. The molecule has 2 heterocycles. The molecule has 1 aromatic heterocycles. The summed E-state index contributed by atoms with van der Waals surface area (Å²) in [5, 5.41) is 11.3. The van der Waals surface area contributed by atoms with Crippen molar-refractivity contribution in [2.75, 3.05) is 36.2 Å². The summed E-state index contributed by atoms with van der Waals surface area (Å²) in [6, 6.07) is 7.69. The van der Waals surface area contributed by atoms with E-state index >= 15 is 0 Å². The minimum absolute atomic E-state index is 0.0347. The van der Waals surface area contributed by atoms with E-state index in [0.717, 1.165) is 21.3 Å². The molecule has 1 aromatic carbocycles. The second-order valence-corrected chi connectivity index (χ2v) is 8.22. The first-order valence-electron chi connectivity index (χ1n) is 8.20. The van der Waals surface area contributed by atoms with E-state index in [0.29, 0.717) is 18.3 Å². The maximum Gasteiger partial charge on any atom is 0.231 e. The van der Waals surface area contributed by atoms with E-state index in [9.17, 15) is 9.59 Å². The molecule has 1 aliphatic heterocycles. The largest absolute Gasteiger partial charge is 0.384 e. The molecule has 1 fully saturated rings. The average molecular weight is 393 g/mol. The van der Waals surface area contributed by atoms with E-state index < -0.39 is 5.92 Å². The molecule has 1 N–H and O–H groups in total. The molecule has 9 heteroatoms. The van der Waals surface area contributed by atoms with Gasteiger partial charge in [-0.3, -0.25) is 9.59 Å². The standard InChI is InChI=1S/C17H20N4O3S2/c1-11-5-3-4-6-13(11)21-10-12(9-14(21)22)15(23)18-16-19-20-17(26-16)25-8-7-24-2/h3-6,12H,7-10H2,1-2H3,(H,18,19,23). The van der Waals surface area contributed by atoms with Crippen LogP contribution in [0.2, 0.25) is 0 Å². The van der Waals surface area contributed by atoms with Gasteiger partial charge in [-0.15, -0.1) is 10.2 Å². The third-order valence-corrected chi connectivity index (χ3v) is 5.99. The van der Waals surface area contributed by atoms with Gasteiger partial charge in [0.05, 0.1) is 12.5 Å². The van der Waals surface area contributed by atoms with Crippen LogP contribution in [0.15, 0.2) is 28.6 Å². The van der Waals surface area contributed by atoms with Crippen molar-refractivity contribution in [3.63, 3.8) is 0 Å². The average Bonchev–Trinajstić information content (AvgIpc) is 3.22. The Labute approximate surface area is 160 Å². The molecule has 1 saturated heterocycles. The molecule has 1 aliphatic rings. The Morgan fingerprint density at radius 1 is 1.42 bits per heavy atom. The molecule has 7 nitrogen and oxygen atoms in total. The van der Waals surface area contributed by atoms with Gasteiger partial charge in [-0.1, -0.05) is 41.3 Å². The fourth-order valence-corrected chi connectivity index (χ4v) is 4.45. The summed E-state index contributed by atoms with van der Waals surface area (Å²) in [5.41, 5.74) is 1.88. The first kappa shape index (κ1) is 18.8. The van der Waals surface area contributed by atoms with Gasteiger partial charge in [0, 0.05) is 31.5 Å². The van der Waals surface area contributed by atoms with Crippen molar-refractivity contribution < 1.29 is 14.3 Å². The van der Waals surface area contributed by atoms with E-state index in [-0.39, 0.29) is 18.2 Å². The van der Waals surface area contributed by atoms with Gasteiger partial charge in [0.1, 0.15) is 0 Å². The normalized spacial score (nSPS) is 16.9. The molecule has 2 aromatic rings. The fraction of sp³-hybridized carbons (Fsp3) is 0.412. The second-order valence-electron chi connectivity index (χ2n) is 5.90. The molecule has 2 amide bonds. The summed E-state index contributed by atoms with van der Waals surface area (Å²) in [5.74, 6) is 0.156. The Kier molecular flexibility index (Phi) is 6.23. The first-order chi connectivity index (χ1) is 12.6. The highest BCUT2D eigenvalue weighted by molar-refractivity contribution is 8.01. The quantitative estimate of drug-likeness (QED) is 0.443. The minimum atomic E-state index is -0.393. The van der Waals surface area contributed by atoms with Crippen LogP contribution in [-0.4, -0.2) is 48.0 Å². The zero-order valence-corrected chi connectivity index (χ0v) is 16.2. The van der Waals surface area contributed by atoms with Crippen molar-refractivity contribution in [3.05, 3.63) is 29.8 Å². The molecule has 0 spiro atoms. The zero-order valence-electron chi connectivity index (χ0n) is 14.6. The Balaban J connectivity index is 1.59. The van der Waals surface area contributed by atoms with Gasteiger partial charge in [0.25, 0.3) is 0 Å². The van der Waals surface area contributed by atoms with E-state index in [1.54, 1.807) is 12.0 Å². The van der Waals surface area contributed by atoms with E-state index in [1.807, 2.05) is 31.2 Å². The first-order valence-corrected chi connectivity index (χ1v) is 10.0. The minimum Gasteiger partial charge on any atom is -0.384 e. The van der Waals surface area contributed by atoms with Gasteiger partial charge < -0.3 is 15.0 Å². The molecule has 0 radical (unpaired) electrons. The number of para-hydroxylation sites is 1. The lowest BCUT2D eigenvalue weighted by Gasteiger charge is -2.18.